The molecule has 1 unspecified atom stereocenters. The third-order valence-electron chi connectivity index (χ3n) is 3.29. The maximum absolute atomic E-state index is 13.2. The number of carboxylic acids is 1. The summed E-state index contributed by atoms with van der Waals surface area (Å²) < 4.78 is 13.2. The lowest BCUT2D eigenvalue weighted by atomic mass is 10.0. The van der Waals surface area contributed by atoms with Crippen LogP contribution in [0.25, 0.3) is 11.1 Å². The van der Waals surface area contributed by atoms with E-state index in [2.05, 4.69) is 0 Å². The third kappa shape index (κ3) is 4.68. The van der Waals surface area contributed by atoms with E-state index in [4.69, 9.17) is 5.11 Å². The molecule has 0 heterocycles. The second kappa shape index (κ2) is 6.99. The minimum absolute atomic E-state index is 0.235. The van der Waals surface area contributed by atoms with Gasteiger partial charge in [0.15, 0.2) is 0 Å². The first kappa shape index (κ1) is 15.2. The number of aliphatic hydroxyl groups is 1. The van der Waals surface area contributed by atoms with E-state index in [1.807, 2.05) is 30.3 Å². The summed E-state index contributed by atoms with van der Waals surface area (Å²) in [6, 6.07) is 14.0. The highest BCUT2D eigenvalue weighted by molar-refractivity contribution is 5.67. The van der Waals surface area contributed by atoms with E-state index in [9.17, 15) is 14.3 Å². The van der Waals surface area contributed by atoms with Gasteiger partial charge < -0.3 is 10.2 Å². The first-order valence-electron chi connectivity index (χ1n) is 6.79. The Morgan fingerprint density at radius 1 is 1.10 bits per heavy atom. The average Bonchev–Trinajstić information content (AvgIpc) is 2.45. The fourth-order valence-electron chi connectivity index (χ4n) is 2.17. The predicted molar refractivity (Wildman–Crippen MR) is 78.4 cm³/mol. The SMILES string of the molecule is O=C(O)CC(O)CCc1ccc(-c2cccc(F)c2)cc1. The van der Waals surface area contributed by atoms with Crippen molar-refractivity contribution in [1.82, 2.24) is 0 Å². The highest BCUT2D eigenvalue weighted by atomic mass is 19.1. The molecule has 2 N–H and O–H groups in total. The molecule has 0 aliphatic carbocycles. The molecule has 0 fully saturated rings. The van der Waals surface area contributed by atoms with Gasteiger partial charge in [-0.1, -0.05) is 36.4 Å². The summed E-state index contributed by atoms with van der Waals surface area (Å²) in [6.07, 6.45) is -0.0457. The van der Waals surface area contributed by atoms with E-state index in [-0.39, 0.29) is 12.2 Å². The number of halogens is 1. The molecule has 1 atom stereocenters. The van der Waals surface area contributed by atoms with Crippen molar-refractivity contribution in [3.8, 4) is 11.1 Å². The van der Waals surface area contributed by atoms with E-state index < -0.39 is 12.1 Å². The molecular weight excluding hydrogens is 271 g/mol. The molecule has 0 aromatic heterocycles. The van der Waals surface area contributed by atoms with Gasteiger partial charge in [0, 0.05) is 0 Å². The first-order valence-corrected chi connectivity index (χ1v) is 6.79. The monoisotopic (exact) mass is 288 g/mol. The maximum atomic E-state index is 13.2. The molecule has 3 nitrogen and oxygen atoms in total. The Morgan fingerprint density at radius 2 is 1.81 bits per heavy atom. The van der Waals surface area contributed by atoms with E-state index in [0.717, 1.165) is 16.7 Å². The highest BCUT2D eigenvalue weighted by Gasteiger charge is 2.09. The summed E-state index contributed by atoms with van der Waals surface area (Å²) in [7, 11) is 0. The lowest BCUT2D eigenvalue weighted by Gasteiger charge is -2.08. The first-order chi connectivity index (χ1) is 10.0. The van der Waals surface area contributed by atoms with Crippen molar-refractivity contribution in [2.75, 3.05) is 0 Å². The van der Waals surface area contributed by atoms with E-state index in [0.29, 0.717) is 12.8 Å². The van der Waals surface area contributed by atoms with Crippen LogP contribution in [0.2, 0.25) is 0 Å². The second-order valence-electron chi connectivity index (χ2n) is 5.00. The van der Waals surface area contributed by atoms with Gasteiger partial charge in [0.05, 0.1) is 12.5 Å². The quantitative estimate of drug-likeness (QED) is 0.857. The summed E-state index contributed by atoms with van der Waals surface area (Å²) in [6.45, 7) is 0. The van der Waals surface area contributed by atoms with E-state index in [1.54, 1.807) is 6.07 Å². The number of aliphatic carboxylic acids is 1. The standard InChI is InChI=1S/C17H17FO3/c18-15-3-1-2-14(10-15)13-7-4-12(5-8-13)6-9-16(19)11-17(20)21/h1-5,7-8,10,16,19H,6,9,11H2,(H,20,21). The molecule has 0 saturated carbocycles. The average molecular weight is 288 g/mol. The van der Waals surface area contributed by atoms with Crippen LogP contribution in [-0.4, -0.2) is 22.3 Å². The van der Waals surface area contributed by atoms with Gasteiger partial charge in [0.2, 0.25) is 0 Å². The number of aryl methyl sites for hydroxylation is 1. The van der Waals surface area contributed by atoms with Crippen LogP contribution >= 0.6 is 0 Å². The lowest BCUT2D eigenvalue weighted by Crippen LogP contribution is -2.13. The Kier molecular flexibility index (Phi) is 5.06. The molecular formula is C17H17FO3. The molecule has 2 aromatic carbocycles. The molecule has 0 radical (unpaired) electrons. The van der Waals surface area contributed by atoms with Gasteiger partial charge in [-0.2, -0.15) is 0 Å². The van der Waals surface area contributed by atoms with Crippen LogP contribution < -0.4 is 0 Å². The summed E-state index contributed by atoms with van der Waals surface area (Å²) in [5.41, 5.74) is 2.75. The van der Waals surface area contributed by atoms with Crippen molar-refractivity contribution in [2.24, 2.45) is 0 Å². The summed E-state index contributed by atoms with van der Waals surface area (Å²) >= 11 is 0. The number of hydrogen-bond acceptors (Lipinski definition) is 2. The Morgan fingerprint density at radius 3 is 2.43 bits per heavy atom. The summed E-state index contributed by atoms with van der Waals surface area (Å²) in [4.78, 5) is 10.5. The fraction of sp³-hybridized carbons (Fsp3) is 0.235. The number of aliphatic hydroxyl groups excluding tert-OH is 1. The van der Waals surface area contributed by atoms with Gasteiger partial charge in [0.25, 0.3) is 0 Å². The Balaban J connectivity index is 1.97. The number of benzene rings is 2. The van der Waals surface area contributed by atoms with Crippen LogP contribution in [-0.2, 0) is 11.2 Å². The number of carboxylic acid groups (broad SMARTS) is 1. The Bertz CT molecular complexity index is 608. The summed E-state index contributed by atoms with van der Waals surface area (Å²) in [5.74, 6) is -1.27. The van der Waals surface area contributed by atoms with Crippen molar-refractivity contribution in [1.29, 1.82) is 0 Å². The van der Waals surface area contributed by atoms with Crippen molar-refractivity contribution in [2.45, 2.75) is 25.4 Å². The van der Waals surface area contributed by atoms with Gasteiger partial charge in [-0.3, -0.25) is 4.79 Å². The molecule has 0 saturated heterocycles. The van der Waals surface area contributed by atoms with Gasteiger partial charge in [0.1, 0.15) is 5.82 Å². The molecule has 0 spiro atoms. The molecule has 0 bridgehead atoms. The molecule has 2 rings (SSSR count). The Labute approximate surface area is 122 Å². The predicted octanol–water partition coefficient (Wildman–Crippen LogP) is 3.26. The van der Waals surface area contributed by atoms with Crippen molar-refractivity contribution >= 4 is 5.97 Å². The lowest BCUT2D eigenvalue weighted by molar-refractivity contribution is -0.139. The van der Waals surface area contributed by atoms with Gasteiger partial charge in [-0.05, 0) is 41.7 Å². The highest BCUT2D eigenvalue weighted by Crippen LogP contribution is 2.21. The van der Waals surface area contributed by atoms with Gasteiger partial charge >= 0.3 is 5.97 Å². The smallest absolute Gasteiger partial charge is 0.305 e. The molecule has 0 aliphatic heterocycles. The van der Waals surface area contributed by atoms with Crippen LogP contribution in [0.15, 0.2) is 48.5 Å². The minimum Gasteiger partial charge on any atom is -0.481 e. The van der Waals surface area contributed by atoms with Gasteiger partial charge in [-0.25, -0.2) is 4.39 Å². The van der Waals surface area contributed by atoms with Crippen molar-refractivity contribution in [3.63, 3.8) is 0 Å². The molecule has 21 heavy (non-hydrogen) atoms. The number of carbonyl (C=O) groups is 1. The fourth-order valence-corrected chi connectivity index (χ4v) is 2.17. The normalized spacial score (nSPS) is 12.1. The van der Waals surface area contributed by atoms with Crippen LogP contribution in [0.1, 0.15) is 18.4 Å². The number of hydrogen-bond donors (Lipinski definition) is 2. The number of rotatable bonds is 6. The van der Waals surface area contributed by atoms with Crippen LogP contribution in [0.4, 0.5) is 4.39 Å². The molecule has 110 valence electrons. The molecule has 2 aromatic rings. The zero-order chi connectivity index (χ0) is 15.2. The van der Waals surface area contributed by atoms with Crippen LogP contribution in [0.3, 0.4) is 0 Å². The molecule has 0 amide bonds. The maximum Gasteiger partial charge on any atom is 0.305 e. The van der Waals surface area contributed by atoms with E-state index in [1.165, 1.54) is 12.1 Å². The topological polar surface area (TPSA) is 57.5 Å². The molecule has 4 heteroatoms. The Hall–Kier alpha value is -2.20. The zero-order valence-corrected chi connectivity index (χ0v) is 11.5. The second-order valence-corrected chi connectivity index (χ2v) is 5.00. The summed E-state index contributed by atoms with van der Waals surface area (Å²) in [5, 5.41) is 18.1. The van der Waals surface area contributed by atoms with E-state index >= 15 is 0 Å². The third-order valence-corrected chi connectivity index (χ3v) is 3.29. The van der Waals surface area contributed by atoms with Crippen LogP contribution in [0, 0.1) is 5.82 Å². The minimum atomic E-state index is -0.996. The van der Waals surface area contributed by atoms with Gasteiger partial charge in [-0.15, -0.1) is 0 Å². The zero-order valence-electron chi connectivity index (χ0n) is 11.5. The van der Waals surface area contributed by atoms with Crippen LogP contribution in [0.5, 0.6) is 0 Å². The molecule has 0 aliphatic rings. The van der Waals surface area contributed by atoms with Crippen molar-refractivity contribution < 1.29 is 19.4 Å². The largest absolute Gasteiger partial charge is 0.481 e. The van der Waals surface area contributed by atoms with Crippen molar-refractivity contribution in [3.05, 3.63) is 59.9 Å².